The number of carbonyl (C=O) groups excluding carboxylic acids is 1. The zero-order valence-electron chi connectivity index (χ0n) is 11.5. The van der Waals surface area contributed by atoms with Crippen molar-refractivity contribution in [1.82, 2.24) is 5.16 Å². The van der Waals surface area contributed by atoms with Crippen LogP contribution in [0.15, 0.2) is 65.2 Å². The van der Waals surface area contributed by atoms with Crippen LogP contribution in [0.2, 0.25) is 0 Å². The molecule has 0 aliphatic heterocycles. The Kier molecular flexibility index (Phi) is 3.72. The monoisotopic (exact) mass is 289 g/mol. The van der Waals surface area contributed by atoms with Gasteiger partial charge in [0.25, 0.3) is 5.78 Å². The second-order valence-corrected chi connectivity index (χ2v) is 4.60. The van der Waals surface area contributed by atoms with E-state index in [1.807, 2.05) is 30.3 Å². The van der Waals surface area contributed by atoms with E-state index < -0.39 is 5.78 Å². The Labute approximate surface area is 126 Å². The minimum atomic E-state index is -0.401. The quantitative estimate of drug-likeness (QED) is 0.319. The van der Waals surface area contributed by atoms with E-state index in [1.165, 1.54) is 0 Å². The van der Waals surface area contributed by atoms with Crippen molar-refractivity contribution in [1.29, 1.82) is 0 Å². The van der Waals surface area contributed by atoms with Crippen molar-refractivity contribution in [3.8, 4) is 22.6 Å². The lowest BCUT2D eigenvalue weighted by Crippen LogP contribution is -2.03. The molecular weight excluding hydrogens is 278 g/mol. The number of Topliss-reactive ketones (excluding diaryl/α,β-unsaturated/α-hetero) is 1. The molecule has 0 radical (unpaired) electrons. The first-order valence-electron chi connectivity index (χ1n) is 6.63. The van der Waals surface area contributed by atoms with Crippen LogP contribution in [-0.2, 0) is 0 Å². The zero-order chi connectivity index (χ0) is 15.4. The second kappa shape index (κ2) is 5.99. The number of rotatable bonds is 4. The van der Waals surface area contributed by atoms with Crippen LogP contribution in [0, 0.1) is 0 Å². The average molecular weight is 289 g/mol. The lowest BCUT2D eigenvalue weighted by atomic mass is 10.0. The summed E-state index contributed by atoms with van der Waals surface area (Å²) in [6.45, 7) is 0. The maximum atomic E-state index is 11.9. The van der Waals surface area contributed by atoms with Crippen molar-refractivity contribution < 1.29 is 14.1 Å². The predicted molar refractivity (Wildman–Crippen MR) is 81.4 cm³/mol. The molecule has 0 aliphatic carbocycles. The molecule has 0 atom stereocenters. The van der Waals surface area contributed by atoms with Gasteiger partial charge in [-0.15, -0.1) is 0 Å². The summed E-state index contributed by atoms with van der Waals surface area (Å²) in [6.07, 6.45) is 0.858. The number of hydrogen-bond donors (Lipinski definition) is 0. The van der Waals surface area contributed by atoms with Crippen LogP contribution in [-0.4, -0.2) is 21.9 Å². The lowest BCUT2D eigenvalue weighted by Gasteiger charge is -2.00. The van der Waals surface area contributed by atoms with E-state index in [2.05, 4.69) is 9.95 Å². The van der Waals surface area contributed by atoms with Crippen LogP contribution in [0.25, 0.3) is 28.1 Å². The van der Waals surface area contributed by atoms with Crippen LogP contribution >= 0.6 is 0 Å². The first-order chi connectivity index (χ1) is 10.8. The molecular formula is C17H11N3O2. The number of ketones is 1. The van der Waals surface area contributed by atoms with Gasteiger partial charge in [0.15, 0.2) is 5.76 Å². The Morgan fingerprint density at radius 2 is 1.82 bits per heavy atom. The molecule has 3 rings (SSSR count). The molecule has 106 valence electrons. The molecule has 0 saturated heterocycles. The molecule has 2 aromatic carbocycles. The number of carbonyl (C=O) groups is 1. The van der Waals surface area contributed by atoms with Gasteiger partial charge in [-0.3, -0.25) is 4.79 Å². The molecule has 1 heterocycles. The van der Waals surface area contributed by atoms with Crippen LogP contribution < -0.4 is 0 Å². The molecule has 3 aromatic rings. The Morgan fingerprint density at radius 1 is 1.09 bits per heavy atom. The highest BCUT2D eigenvalue weighted by Crippen LogP contribution is 2.28. The van der Waals surface area contributed by atoms with Gasteiger partial charge >= 0.3 is 6.21 Å². The summed E-state index contributed by atoms with van der Waals surface area (Å²) in [5, 5.41) is 4.03. The molecule has 22 heavy (non-hydrogen) atoms. The highest BCUT2D eigenvalue weighted by Gasteiger charge is 2.17. The van der Waals surface area contributed by atoms with E-state index >= 15 is 0 Å². The normalized spacial score (nSPS) is 10.0. The van der Waals surface area contributed by atoms with Crippen LogP contribution in [0.1, 0.15) is 10.4 Å². The van der Waals surface area contributed by atoms with Crippen molar-refractivity contribution in [2.24, 2.45) is 0 Å². The van der Waals surface area contributed by atoms with E-state index in [4.69, 9.17) is 10.1 Å². The van der Waals surface area contributed by atoms with Gasteiger partial charge in [-0.25, -0.2) is 0 Å². The van der Waals surface area contributed by atoms with E-state index in [0.29, 0.717) is 22.6 Å². The summed E-state index contributed by atoms with van der Waals surface area (Å²) in [5.74, 6) is 0.219. The minimum absolute atomic E-state index is 0.396. The Balaban J connectivity index is 2.04. The fourth-order valence-corrected chi connectivity index (χ4v) is 2.18. The maximum Gasteiger partial charge on any atom is 0.328 e. The molecule has 0 saturated carbocycles. The van der Waals surface area contributed by atoms with E-state index in [-0.39, 0.29) is 0 Å². The van der Waals surface area contributed by atoms with Gasteiger partial charge < -0.3 is 10.1 Å². The molecule has 0 N–H and O–H groups in total. The highest BCUT2D eigenvalue weighted by molar-refractivity contribution is 6.35. The zero-order valence-corrected chi connectivity index (χ0v) is 11.5. The van der Waals surface area contributed by atoms with Crippen LogP contribution in [0.5, 0.6) is 0 Å². The Bertz CT molecular complexity index is 862. The largest absolute Gasteiger partial charge is 0.361 e. The van der Waals surface area contributed by atoms with Gasteiger partial charge in [0.05, 0.1) is 0 Å². The SMILES string of the molecule is [N-]=[N+]=CC(=O)c1ccccc1-c1cc(-c2ccccc2)on1. The number of benzene rings is 2. The summed E-state index contributed by atoms with van der Waals surface area (Å²) < 4.78 is 5.36. The maximum absolute atomic E-state index is 11.9. The molecule has 0 bridgehead atoms. The molecule has 0 spiro atoms. The summed E-state index contributed by atoms with van der Waals surface area (Å²) >= 11 is 0. The molecule has 0 fully saturated rings. The van der Waals surface area contributed by atoms with Crippen LogP contribution in [0.3, 0.4) is 0 Å². The average Bonchev–Trinajstić information content (AvgIpc) is 3.06. The molecule has 0 aliphatic rings. The molecule has 5 heteroatoms. The highest BCUT2D eigenvalue weighted by atomic mass is 16.5. The number of nitrogens with zero attached hydrogens (tertiary/aromatic N) is 3. The fourth-order valence-electron chi connectivity index (χ4n) is 2.18. The van der Waals surface area contributed by atoms with E-state index in [0.717, 1.165) is 11.8 Å². The van der Waals surface area contributed by atoms with Gasteiger partial charge in [-0.05, 0) is 0 Å². The van der Waals surface area contributed by atoms with Crippen molar-refractivity contribution >= 4 is 12.0 Å². The molecule has 1 aromatic heterocycles. The first kappa shape index (κ1) is 13.7. The molecule has 0 unspecified atom stereocenters. The van der Waals surface area contributed by atoms with Crippen molar-refractivity contribution in [2.45, 2.75) is 0 Å². The predicted octanol–water partition coefficient (Wildman–Crippen LogP) is 3.49. The summed E-state index contributed by atoms with van der Waals surface area (Å²) in [5.41, 5.74) is 11.0. The van der Waals surface area contributed by atoms with Gasteiger partial charge in [-0.2, -0.15) is 4.79 Å². The third-order valence-corrected chi connectivity index (χ3v) is 3.21. The third kappa shape index (κ3) is 2.61. The van der Waals surface area contributed by atoms with Crippen molar-refractivity contribution in [3.05, 3.63) is 71.8 Å². The minimum Gasteiger partial charge on any atom is -0.361 e. The van der Waals surface area contributed by atoms with Gasteiger partial charge in [0.1, 0.15) is 5.69 Å². The Morgan fingerprint density at radius 3 is 2.59 bits per heavy atom. The second-order valence-electron chi connectivity index (χ2n) is 4.60. The van der Waals surface area contributed by atoms with Crippen molar-refractivity contribution in [2.75, 3.05) is 0 Å². The van der Waals surface area contributed by atoms with Gasteiger partial charge in [-0.1, -0.05) is 59.8 Å². The van der Waals surface area contributed by atoms with Crippen molar-refractivity contribution in [3.63, 3.8) is 0 Å². The standard InChI is InChI=1S/C17H11N3O2/c18-19-11-16(21)14-9-5-4-8-13(14)15-10-17(22-20-15)12-6-2-1-3-7-12/h1-11H. The smallest absolute Gasteiger partial charge is 0.328 e. The van der Waals surface area contributed by atoms with Gasteiger partial charge in [0, 0.05) is 22.8 Å². The lowest BCUT2D eigenvalue weighted by molar-refractivity contribution is 0.00235. The molecule has 0 amide bonds. The topological polar surface area (TPSA) is 79.5 Å². The van der Waals surface area contributed by atoms with Crippen LogP contribution in [0.4, 0.5) is 0 Å². The Hall–Kier alpha value is -3.30. The number of aromatic nitrogens is 1. The number of hydrogen-bond acceptors (Lipinski definition) is 3. The third-order valence-electron chi connectivity index (χ3n) is 3.21. The van der Waals surface area contributed by atoms with E-state index in [1.54, 1.807) is 30.3 Å². The first-order valence-corrected chi connectivity index (χ1v) is 6.63. The fraction of sp³-hybridized carbons (Fsp3) is 0. The summed E-state index contributed by atoms with van der Waals surface area (Å²) in [6, 6.07) is 18.3. The molecule has 5 nitrogen and oxygen atoms in total. The van der Waals surface area contributed by atoms with Gasteiger partial charge in [0.2, 0.25) is 0 Å². The summed E-state index contributed by atoms with van der Waals surface area (Å²) in [4.78, 5) is 14.7. The summed E-state index contributed by atoms with van der Waals surface area (Å²) in [7, 11) is 0. The van der Waals surface area contributed by atoms with E-state index in [9.17, 15) is 4.79 Å².